The summed E-state index contributed by atoms with van der Waals surface area (Å²) in [4.78, 5) is 23.7. The van der Waals surface area contributed by atoms with Gasteiger partial charge in [-0.2, -0.15) is 13.2 Å². The zero-order valence-electron chi connectivity index (χ0n) is 12.4. The van der Waals surface area contributed by atoms with E-state index < -0.39 is 29.1 Å². The highest BCUT2D eigenvalue weighted by Gasteiger charge is 2.34. The molecule has 2 rings (SSSR count). The van der Waals surface area contributed by atoms with Crippen LogP contribution < -0.4 is 16.0 Å². The Morgan fingerprint density at radius 2 is 2.00 bits per heavy atom. The first kappa shape index (κ1) is 17.3. The average molecular weight is 329 g/mol. The van der Waals surface area contributed by atoms with Crippen molar-refractivity contribution in [1.82, 2.24) is 16.0 Å². The molecule has 0 bridgehead atoms. The molecule has 1 fully saturated rings. The molecule has 0 radical (unpaired) electrons. The van der Waals surface area contributed by atoms with Crippen LogP contribution in [0.1, 0.15) is 28.8 Å². The van der Waals surface area contributed by atoms with Crippen LogP contribution in [0, 0.1) is 0 Å². The fourth-order valence-corrected chi connectivity index (χ4v) is 2.44. The molecule has 1 unspecified atom stereocenters. The predicted molar refractivity (Wildman–Crippen MR) is 77.8 cm³/mol. The van der Waals surface area contributed by atoms with E-state index in [1.165, 1.54) is 12.1 Å². The van der Waals surface area contributed by atoms with Gasteiger partial charge in [0, 0.05) is 12.6 Å². The summed E-state index contributed by atoms with van der Waals surface area (Å²) in [5.74, 6) is -1.34. The number of amides is 2. The van der Waals surface area contributed by atoms with Gasteiger partial charge in [-0.25, -0.2) is 0 Å². The minimum atomic E-state index is -4.62. The van der Waals surface area contributed by atoms with E-state index in [1.807, 2.05) is 0 Å². The van der Waals surface area contributed by atoms with Gasteiger partial charge in [-0.05, 0) is 31.5 Å². The number of piperidine rings is 1. The lowest BCUT2D eigenvalue weighted by atomic mass is 10.1. The minimum Gasteiger partial charge on any atom is -0.351 e. The Morgan fingerprint density at radius 1 is 1.26 bits per heavy atom. The number of benzene rings is 1. The topological polar surface area (TPSA) is 70.2 Å². The molecule has 1 saturated heterocycles. The van der Waals surface area contributed by atoms with Gasteiger partial charge in [-0.15, -0.1) is 0 Å². The van der Waals surface area contributed by atoms with Crippen LogP contribution in [-0.4, -0.2) is 37.5 Å². The van der Waals surface area contributed by atoms with E-state index in [2.05, 4.69) is 16.0 Å². The van der Waals surface area contributed by atoms with E-state index in [9.17, 15) is 22.8 Å². The van der Waals surface area contributed by atoms with Gasteiger partial charge < -0.3 is 16.0 Å². The van der Waals surface area contributed by atoms with Gasteiger partial charge in [0.2, 0.25) is 5.91 Å². The van der Waals surface area contributed by atoms with E-state index in [1.54, 1.807) is 0 Å². The molecule has 1 atom stereocenters. The van der Waals surface area contributed by atoms with Crippen LogP contribution in [0.25, 0.3) is 0 Å². The van der Waals surface area contributed by atoms with Crippen molar-refractivity contribution in [3.05, 3.63) is 35.4 Å². The zero-order chi connectivity index (χ0) is 16.9. The molecular weight excluding hydrogens is 311 g/mol. The predicted octanol–water partition coefficient (Wildman–Crippen LogP) is 1.30. The van der Waals surface area contributed by atoms with Crippen molar-refractivity contribution in [2.24, 2.45) is 0 Å². The monoisotopic (exact) mass is 329 g/mol. The molecule has 5 nitrogen and oxygen atoms in total. The number of alkyl halides is 3. The maximum atomic E-state index is 12.9. The third-order valence-electron chi connectivity index (χ3n) is 3.55. The number of rotatable bonds is 4. The van der Waals surface area contributed by atoms with Crippen molar-refractivity contribution in [3.8, 4) is 0 Å². The fraction of sp³-hybridized carbons (Fsp3) is 0.467. The summed E-state index contributed by atoms with van der Waals surface area (Å²) in [6, 6.07) is 4.46. The first-order valence-electron chi connectivity index (χ1n) is 7.32. The summed E-state index contributed by atoms with van der Waals surface area (Å²) in [5, 5.41) is 8.09. The first-order chi connectivity index (χ1) is 10.9. The Hall–Kier alpha value is -2.09. The van der Waals surface area contributed by atoms with Crippen LogP contribution in [0.2, 0.25) is 0 Å². The molecule has 1 aliphatic rings. The van der Waals surface area contributed by atoms with Gasteiger partial charge in [0.15, 0.2) is 0 Å². The smallest absolute Gasteiger partial charge is 0.351 e. The maximum absolute atomic E-state index is 12.9. The second-order valence-corrected chi connectivity index (χ2v) is 5.34. The summed E-state index contributed by atoms with van der Waals surface area (Å²) >= 11 is 0. The summed E-state index contributed by atoms with van der Waals surface area (Å²) in [5.41, 5.74) is -1.51. The van der Waals surface area contributed by atoms with Gasteiger partial charge in [-0.1, -0.05) is 12.1 Å². The molecule has 1 aliphatic heterocycles. The summed E-state index contributed by atoms with van der Waals surface area (Å²) in [7, 11) is 0. The normalized spacial score (nSPS) is 18.3. The Bertz CT molecular complexity index is 569. The van der Waals surface area contributed by atoms with E-state index >= 15 is 0 Å². The Kier molecular flexibility index (Phi) is 5.59. The van der Waals surface area contributed by atoms with Crippen molar-refractivity contribution in [3.63, 3.8) is 0 Å². The van der Waals surface area contributed by atoms with Crippen molar-refractivity contribution in [2.45, 2.75) is 25.1 Å². The Morgan fingerprint density at radius 3 is 2.65 bits per heavy atom. The highest BCUT2D eigenvalue weighted by atomic mass is 19.4. The zero-order valence-corrected chi connectivity index (χ0v) is 12.4. The molecular formula is C15H18F3N3O2. The van der Waals surface area contributed by atoms with Gasteiger partial charge in [0.05, 0.1) is 17.7 Å². The molecule has 0 spiro atoms. The van der Waals surface area contributed by atoms with E-state index in [-0.39, 0.29) is 12.6 Å². The number of halogens is 3. The minimum absolute atomic E-state index is 0.0180. The highest BCUT2D eigenvalue weighted by molar-refractivity contribution is 5.97. The molecule has 0 aromatic heterocycles. The van der Waals surface area contributed by atoms with Gasteiger partial charge in [0.25, 0.3) is 5.91 Å². The Balaban J connectivity index is 1.91. The number of carbonyl (C=O) groups excluding carboxylic acids is 2. The second-order valence-electron chi connectivity index (χ2n) is 5.34. The lowest BCUT2D eigenvalue weighted by Crippen LogP contribution is -2.48. The van der Waals surface area contributed by atoms with Crippen molar-refractivity contribution >= 4 is 11.8 Å². The van der Waals surface area contributed by atoms with E-state index in [4.69, 9.17) is 0 Å². The fourth-order valence-electron chi connectivity index (χ4n) is 2.44. The quantitative estimate of drug-likeness (QED) is 0.780. The largest absolute Gasteiger partial charge is 0.417 e. The Labute approximate surface area is 131 Å². The SMILES string of the molecule is O=C(CNC(=O)c1ccccc1C(F)(F)F)NC1CCCNC1. The molecule has 0 saturated carbocycles. The lowest BCUT2D eigenvalue weighted by molar-refractivity contribution is -0.137. The molecule has 3 N–H and O–H groups in total. The van der Waals surface area contributed by atoms with Gasteiger partial charge in [-0.3, -0.25) is 9.59 Å². The van der Waals surface area contributed by atoms with Gasteiger partial charge in [0.1, 0.15) is 0 Å². The summed E-state index contributed by atoms with van der Waals surface area (Å²) < 4.78 is 38.6. The molecule has 2 amide bonds. The van der Waals surface area contributed by atoms with Crippen LogP contribution in [0.3, 0.4) is 0 Å². The number of carbonyl (C=O) groups is 2. The molecule has 126 valence electrons. The van der Waals surface area contributed by atoms with E-state index in [0.717, 1.165) is 31.5 Å². The molecule has 1 heterocycles. The average Bonchev–Trinajstić information content (AvgIpc) is 2.53. The van der Waals surface area contributed by atoms with Crippen LogP contribution in [-0.2, 0) is 11.0 Å². The number of nitrogens with one attached hydrogen (secondary N) is 3. The summed E-state index contributed by atoms with van der Waals surface area (Å²) in [6.07, 6.45) is -2.84. The highest BCUT2D eigenvalue weighted by Crippen LogP contribution is 2.31. The summed E-state index contributed by atoms with van der Waals surface area (Å²) in [6.45, 7) is 1.19. The second kappa shape index (κ2) is 7.45. The third kappa shape index (κ3) is 4.95. The van der Waals surface area contributed by atoms with Crippen molar-refractivity contribution < 1.29 is 22.8 Å². The van der Waals surface area contributed by atoms with Crippen LogP contribution in [0.4, 0.5) is 13.2 Å². The third-order valence-corrected chi connectivity index (χ3v) is 3.55. The van der Waals surface area contributed by atoms with Crippen LogP contribution in [0.15, 0.2) is 24.3 Å². The lowest BCUT2D eigenvalue weighted by Gasteiger charge is -2.23. The molecule has 8 heteroatoms. The molecule has 1 aromatic carbocycles. The van der Waals surface area contributed by atoms with Gasteiger partial charge >= 0.3 is 6.18 Å². The van der Waals surface area contributed by atoms with Crippen molar-refractivity contribution in [1.29, 1.82) is 0 Å². The molecule has 1 aromatic rings. The van der Waals surface area contributed by atoms with Crippen LogP contribution >= 0.6 is 0 Å². The first-order valence-corrected chi connectivity index (χ1v) is 7.32. The number of hydrogen-bond acceptors (Lipinski definition) is 3. The molecule has 23 heavy (non-hydrogen) atoms. The van der Waals surface area contributed by atoms with E-state index in [0.29, 0.717) is 6.54 Å². The van der Waals surface area contributed by atoms with Crippen molar-refractivity contribution in [2.75, 3.05) is 19.6 Å². The van der Waals surface area contributed by atoms with Crippen LogP contribution in [0.5, 0.6) is 0 Å². The standard InChI is InChI=1S/C15H18F3N3O2/c16-15(17,18)12-6-2-1-5-11(12)14(23)20-9-13(22)21-10-4-3-7-19-8-10/h1-2,5-6,10,19H,3-4,7-9H2,(H,20,23)(H,21,22). The number of hydrogen-bond donors (Lipinski definition) is 3. The molecule has 0 aliphatic carbocycles. The maximum Gasteiger partial charge on any atom is 0.417 e.